The fourth-order valence-corrected chi connectivity index (χ4v) is 1.98. The lowest BCUT2D eigenvalue weighted by molar-refractivity contribution is 0.0681. The van der Waals surface area contributed by atoms with Crippen LogP contribution in [0.25, 0.3) is 0 Å². The van der Waals surface area contributed by atoms with E-state index in [1.807, 2.05) is 6.07 Å². The minimum absolute atomic E-state index is 0.00369. The Morgan fingerprint density at radius 3 is 2.36 bits per heavy atom. The fraction of sp³-hybridized carbons (Fsp3) is 0.133. The molecule has 0 saturated carbocycles. The zero-order valence-electron chi connectivity index (χ0n) is 11.6. The van der Waals surface area contributed by atoms with Crippen molar-refractivity contribution >= 4 is 11.9 Å². The van der Waals surface area contributed by atoms with Crippen molar-refractivity contribution in [3.63, 3.8) is 0 Å². The number of aromatic carboxylic acids is 2. The number of benzene rings is 1. The van der Waals surface area contributed by atoms with E-state index in [0.717, 1.165) is 0 Å². The summed E-state index contributed by atoms with van der Waals surface area (Å²) in [7, 11) is 1.43. The summed E-state index contributed by atoms with van der Waals surface area (Å²) in [5.41, 5.74) is 0.732. The number of carboxylic acid groups (broad SMARTS) is 2. The summed E-state index contributed by atoms with van der Waals surface area (Å²) < 4.78 is 6.60. The first-order valence-electron chi connectivity index (χ1n) is 6.21. The Kier molecular flexibility index (Phi) is 4.13. The average Bonchev–Trinajstić information content (AvgIpc) is 2.82. The molecule has 0 unspecified atom stereocenters. The molecule has 1 heterocycles. The highest BCUT2D eigenvalue weighted by atomic mass is 16.5. The molecule has 0 atom stereocenters. The normalized spacial score (nSPS) is 10.0. The minimum atomic E-state index is -1.27. The SMILES string of the molecule is Cn1cc(C(=O)O)c(OCc2ccc(C#N)cc2)c1C(=O)O. The van der Waals surface area contributed by atoms with E-state index in [-0.39, 0.29) is 23.6 Å². The molecule has 7 nitrogen and oxygen atoms in total. The van der Waals surface area contributed by atoms with Crippen molar-refractivity contribution in [3.05, 3.63) is 52.8 Å². The molecule has 7 heteroatoms. The van der Waals surface area contributed by atoms with Crippen LogP contribution in [0, 0.1) is 11.3 Å². The monoisotopic (exact) mass is 300 g/mol. The van der Waals surface area contributed by atoms with Gasteiger partial charge in [-0.05, 0) is 17.7 Å². The van der Waals surface area contributed by atoms with Crippen LogP contribution < -0.4 is 4.74 Å². The number of nitrogens with zero attached hydrogens (tertiary/aromatic N) is 2. The molecule has 0 amide bonds. The number of ether oxygens (including phenoxy) is 1. The van der Waals surface area contributed by atoms with Gasteiger partial charge in [-0.15, -0.1) is 0 Å². The van der Waals surface area contributed by atoms with E-state index in [0.29, 0.717) is 11.1 Å². The first-order valence-corrected chi connectivity index (χ1v) is 6.21. The molecule has 0 aliphatic heterocycles. The molecule has 0 fully saturated rings. The Hall–Kier alpha value is -3.27. The predicted octanol–water partition coefficient (Wildman–Crippen LogP) is 1.87. The van der Waals surface area contributed by atoms with Crippen LogP contribution in [-0.2, 0) is 13.7 Å². The van der Waals surface area contributed by atoms with E-state index in [1.165, 1.54) is 17.8 Å². The maximum absolute atomic E-state index is 11.2. The van der Waals surface area contributed by atoms with Crippen molar-refractivity contribution in [2.45, 2.75) is 6.61 Å². The van der Waals surface area contributed by atoms with Gasteiger partial charge in [0.15, 0.2) is 11.4 Å². The number of hydrogen-bond acceptors (Lipinski definition) is 4. The molecule has 1 aromatic heterocycles. The van der Waals surface area contributed by atoms with E-state index in [9.17, 15) is 14.7 Å². The first kappa shape index (κ1) is 15.1. The lowest BCUT2D eigenvalue weighted by Crippen LogP contribution is -2.08. The maximum Gasteiger partial charge on any atom is 0.356 e. The van der Waals surface area contributed by atoms with Crippen LogP contribution in [0.4, 0.5) is 0 Å². The molecule has 1 aromatic carbocycles. The van der Waals surface area contributed by atoms with Crippen LogP contribution >= 0.6 is 0 Å². The molecule has 112 valence electrons. The fourth-order valence-electron chi connectivity index (χ4n) is 1.98. The van der Waals surface area contributed by atoms with Gasteiger partial charge in [-0.25, -0.2) is 9.59 Å². The number of carbonyl (C=O) groups is 2. The molecule has 0 radical (unpaired) electrons. The van der Waals surface area contributed by atoms with Gasteiger partial charge in [-0.1, -0.05) is 12.1 Å². The zero-order chi connectivity index (χ0) is 16.3. The second kappa shape index (κ2) is 6.01. The highest BCUT2D eigenvalue weighted by Gasteiger charge is 2.25. The van der Waals surface area contributed by atoms with Crippen LogP contribution in [-0.4, -0.2) is 26.7 Å². The summed E-state index contributed by atoms with van der Waals surface area (Å²) in [5, 5.41) is 27.0. The Labute approximate surface area is 125 Å². The molecule has 0 aliphatic carbocycles. The van der Waals surface area contributed by atoms with Crippen molar-refractivity contribution in [2.75, 3.05) is 0 Å². The van der Waals surface area contributed by atoms with Crippen molar-refractivity contribution in [1.82, 2.24) is 4.57 Å². The Bertz CT molecular complexity index is 768. The molecule has 0 aliphatic rings. The predicted molar refractivity (Wildman–Crippen MR) is 74.8 cm³/mol. The molecule has 0 bridgehead atoms. The third-order valence-electron chi connectivity index (χ3n) is 3.03. The number of carboxylic acids is 2. The number of aromatic nitrogens is 1. The van der Waals surface area contributed by atoms with E-state index in [4.69, 9.17) is 15.1 Å². The average molecular weight is 300 g/mol. The van der Waals surface area contributed by atoms with Gasteiger partial charge in [-0.3, -0.25) is 0 Å². The minimum Gasteiger partial charge on any atom is -0.485 e. The van der Waals surface area contributed by atoms with E-state index in [1.54, 1.807) is 24.3 Å². The lowest BCUT2D eigenvalue weighted by atomic mass is 10.1. The Morgan fingerprint density at radius 2 is 1.86 bits per heavy atom. The van der Waals surface area contributed by atoms with Gasteiger partial charge in [0.25, 0.3) is 0 Å². The second-order valence-electron chi connectivity index (χ2n) is 4.54. The van der Waals surface area contributed by atoms with Gasteiger partial charge in [0.2, 0.25) is 0 Å². The van der Waals surface area contributed by atoms with Gasteiger partial charge in [0, 0.05) is 13.2 Å². The summed E-state index contributed by atoms with van der Waals surface area (Å²) in [6.07, 6.45) is 1.19. The van der Waals surface area contributed by atoms with Crippen LogP contribution in [0.2, 0.25) is 0 Å². The second-order valence-corrected chi connectivity index (χ2v) is 4.54. The van der Waals surface area contributed by atoms with Gasteiger partial charge >= 0.3 is 11.9 Å². The summed E-state index contributed by atoms with van der Waals surface area (Å²) >= 11 is 0. The van der Waals surface area contributed by atoms with Crippen molar-refractivity contribution < 1.29 is 24.5 Å². The Morgan fingerprint density at radius 1 is 1.23 bits per heavy atom. The van der Waals surface area contributed by atoms with Gasteiger partial charge in [0.1, 0.15) is 12.2 Å². The number of hydrogen-bond donors (Lipinski definition) is 2. The standard InChI is InChI=1S/C15H12N2O5/c1-17-7-11(14(18)19)13(12(17)15(20)21)22-8-10-4-2-9(6-16)3-5-10/h2-5,7H,8H2,1H3,(H,18,19)(H,20,21). The molecule has 2 rings (SSSR count). The summed E-state index contributed by atoms with van der Waals surface area (Å²) in [6.45, 7) is -0.00369. The molecule has 2 N–H and O–H groups in total. The number of aryl methyl sites for hydroxylation is 1. The largest absolute Gasteiger partial charge is 0.485 e. The van der Waals surface area contributed by atoms with Gasteiger partial charge < -0.3 is 19.5 Å². The first-order chi connectivity index (χ1) is 10.4. The van der Waals surface area contributed by atoms with Gasteiger partial charge in [-0.2, -0.15) is 5.26 Å². The van der Waals surface area contributed by atoms with Crippen LogP contribution in [0.1, 0.15) is 32.0 Å². The molecular formula is C15H12N2O5. The molecule has 2 aromatic rings. The van der Waals surface area contributed by atoms with E-state index in [2.05, 4.69) is 0 Å². The molecule has 0 saturated heterocycles. The van der Waals surface area contributed by atoms with Crippen molar-refractivity contribution in [3.8, 4) is 11.8 Å². The lowest BCUT2D eigenvalue weighted by Gasteiger charge is -2.08. The smallest absolute Gasteiger partial charge is 0.356 e. The summed E-state index contributed by atoms with van der Waals surface area (Å²) in [6, 6.07) is 8.48. The van der Waals surface area contributed by atoms with Crippen LogP contribution in [0.3, 0.4) is 0 Å². The quantitative estimate of drug-likeness (QED) is 0.871. The van der Waals surface area contributed by atoms with Crippen LogP contribution in [0.5, 0.6) is 5.75 Å². The zero-order valence-corrected chi connectivity index (χ0v) is 11.6. The van der Waals surface area contributed by atoms with Crippen molar-refractivity contribution in [1.29, 1.82) is 5.26 Å². The van der Waals surface area contributed by atoms with E-state index < -0.39 is 11.9 Å². The molecule has 0 spiro atoms. The third-order valence-corrected chi connectivity index (χ3v) is 3.03. The maximum atomic E-state index is 11.2. The molecular weight excluding hydrogens is 288 g/mol. The number of nitriles is 1. The Balaban J connectivity index is 2.29. The topological polar surface area (TPSA) is 113 Å². The van der Waals surface area contributed by atoms with Crippen LogP contribution in [0.15, 0.2) is 30.5 Å². The summed E-state index contributed by atoms with van der Waals surface area (Å²) in [5.74, 6) is -2.73. The summed E-state index contributed by atoms with van der Waals surface area (Å²) in [4.78, 5) is 22.4. The van der Waals surface area contributed by atoms with Gasteiger partial charge in [0.05, 0.1) is 11.6 Å². The molecule has 22 heavy (non-hydrogen) atoms. The highest BCUT2D eigenvalue weighted by Crippen LogP contribution is 2.27. The highest BCUT2D eigenvalue weighted by molar-refractivity contribution is 5.98. The van der Waals surface area contributed by atoms with Crippen molar-refractivity contribution in [2.24, 2.45) is 7.05 Å². The number of rotatable bonds is 5. The third kappa shape index (κ3) is 2.91. The van der Waals surface area contributed by atoms with E-state index >= 15 is 0 Å².